The molecule has 2 N–H and O–H groups in total. The molecule has 0 bridgehead atoms. The van der Waals surface area contributed by atoms with Crippen molar-refractivity contribution < 1.29 is 13.2 Å². The highest BCUT2D eigenvalue weighted by molar-refractivity contribution is 7.87. The van der Waals surface area contributed by atoms with Crippen molar-refractivity contribution in [2.45, 2.75) is 0 Å². The van der Waals surface area contributed by atoms with Gasteiger partial charge in [-0.05, 0) is 13.1 Å². The van der Waals surface area contributed by atoms with E-state index in [0.29, 0.717) is 37.1 Å². The van der Waals surface area contributed by atoms with Gasteiger partial charge in [0, 0.05) is 43.3 Å². The Balaban J connectivity index is 1.78. The molecule has 1 saturated heterocycles. The summed E-state index contributed by atoms with van der Waals surface area (Å²) < 4.78 is 28.1. The second-order valence-electron chi connectivity index (χ2n) is 5.39. The normalized spacial score (nSPS) is 17.7. The number of rotatable bonds is 3. The molecule has 0 radical (unpaired) electrons. The van der Waals surface area contributed by atoms with Crippen LogP contribution in [0.2, 0.25) is 0 Å². The maximum absolute atomic E-state index is 12.3. The van der Waals surface area contributed by atoms with Gasteiger partial charge >= 0.3 is 10.2 Å². The first-order chi connectivity index (χ1) is 10.5. The van der Waals surface area contributed by atoms with Gasteiger partial charge < -0.3 is 9.88 Å². The molecule has 2 aromatic rings. The molecular weight excluding hydrogens is 304 g/mol. The fourth-order valence-electron chi connectivity index (χ4n) is 2.52. The van der Waals surface area contributed by atoms with Crippen molar-refractivity contribution in [2.24, 2.45) is 0 Å². The van der Waals surface area contributed by atoms with Crippen molar-refractivity contribution in [3.05, 3.63) is 36.0 Å². The van der Waals surface area contributed by atoms with E-state index in [0.717, 1.165) is 5.52 Å². The molecule has 1 aromatic heterocycles. The summed E-state index contributed by atoms with van der Waals surface area (Å²) in [5, 5.41) is 0.702. The molecule has 1 aliphatic heterocycles. The number of para-hydroxylation sites is 1. The van der Waals surface area contributed by atoms with Crippen molar-refractivity contribution in [1.82, 2.24) is 18.9 Å². The van der Waals surface area contributed by atoms with Crippen LogP contribution in [-0.4, -0.2) is 61.7 Å². The molecule has 118 valence electrons. The van der Waals surface area contributed by atoms with Crippen LogP contribution >= 0.6 is 0 Å². The van der Waals surface area contributed by atoms with Crippen molar-refractivity contribution in [3.8, 4) is 0 Å². The van der Waals surface area contributed by atoms with Gasteiger partial charge in [0.2, 0.25) is 0 Å². The molecular formula is C14H18N4O3S. The predicted molar refractivity (Wildman–Crippen MR) is 83.8 cm³/mol. The number of aromatic nitrogens is 1. The summed E-state index contributed by atoms with van der Waals surface area (Å²) in [7, 11) is -1.87. The predicted octanol–water partition coefficient (Wildman–Crippen LogP) is 0.390. The van der Waals surface area contributed by atoms with Crippen LogP contribution < -0.4 is 4.72 Å². The van der Waals surface area contributed by atoms with E-state index in [-0.39, 0.29) is 0 Å². The number of carbonyl (C=O) groups is 1. The fraction of sp³-hybridized carbons (Fsp3) is 0.357. The Morgan fingerprint density at radius 1 is 1.18 bits per heavy atom. The van der Waals surface area contributed by atoms with Crippen LogP contribution in [0.3, 0.4) is 0 Å². The third-order valence-corrected chi connectivity index (χ3v) is 5.35. The first kappa shape index (κ1) is 15.0. The molecule has 3 rings (SSSR count). The summed E-state index contributed by atoms with van der Waals surface area (Å²) in [6.45, 7) is 2.07. The van der Waals surface area contributed by atoms with Crippen molar-refractivity contribution in [3.63, 3.8) is 0 Å². The van der Waals surface area contributed by atoms with Gasteiger partial charge in [-0.25, -0.2) is 4.72 Å². The first-order valence-corrected chi connectivity index (χ1v) is 8.48. The van der Waals surface area contributed by atoms with E-state index in [9.17, 15) is 13.2 Å². The average Bonchev–Trinajstić information content (AvgIpc) is 2.91. The maximum atomic E-state index is 12.3. The molecule has 1 amide bonds. The zero-order valence-corrected chi connectivity index (χ0v) is 13.1. The Bertz CT molecular complexity index is 791. The molecule has 1 fully saturated rings. The van der Waals surface area contributed by atoms with Gasteiger partial charge in [-0.15, -0.1) is 0 Å². The summed E-state index contributed by atoms with van der Waals surface area (Å²) in [4.78, 5) is 17.3. The second kappa shape index (κ2) is 5.71. The molecule has 7 nitrogen and oxygen atoms in total. The number of piperazine rings is 1. The molecule has 0 saturated carbocycles. The number of carbonyl (C=O) groups excluding carboxylic acids is 1. The number of aromatic amines is 1. The van der Waals surface area contributed by atoms with Crippen LogP contribution in [0.5, 0.6) is 0 Å². The number of likely N-dealkylation sites (N-methyl/N-ethyl adjacent to an activating group) is 1. The van der Waals surface area contributed by atoms with E-state index in [2.05, 4.69) is 9.71 Å². The van der Waals surface area contributed by atoms with Gasteiger partial charge in [0.05, 0.1) is 5.56 Å². The lowest BCUT2D eigenvalue weighted by atomic mass is 10.2. The standard InChI is InChI=1S/C14H18N4O3S/c1-17-6-8-18(9-7-17)22(20,21)16-14(19)12-10-15-13-5-3-2-4-11(12)13/h2-5,10,15H,6-9H2,1H3,(H,16,19). The molecule has 1 aliphatic rings. The highest BCUT2D eigenvalue weighted by atomic mass is 32.2. The molecule has 1 aromatic carbocycles. The van der Waals surface area contributed by atoms with E-state index in [4.69, 9.17) is 0 Å². The molecule has 0 unspecified atom stereocenters. The van der Waals surface area contributed by atoms with Gasteiger partial charge in [-0.3, -0.25) is 4.79 Å². The number of fused-ring (bicyclic) bond motifs is 1. The van der Waals surface area contributed by atoms with Gasteiger partial charge in [0.25, 0.3) is 5.91 Å². The summed E-state index contributed by atoms with van der Waals surface area (Å²) >= 11 is 0. The first-order valence-electron chi connectivity index (χ1n) is 7.04. The summed E-state index contributed by atoms with van der Waals surface area (Å²) in [5.41, 5.74) is 1.12. The molecule has 0 spiro atoms. The summed E-state index contributed by atoms with van der Waals surface area (Å²) in [5.74, 6) is -0.614. The number of H-pyrrole nitrogens is 1. The Morgan fingerprint density at radius 2 is 1.86 bits per heavy atom. The minimum Gasteiger partial charge on any atom is -0.360 e. The van der Waals surface area contributed by atoms with Crippen LogP contribution in [0.1, 0.15) is 10.4 Å². The number of nitrogens with one attached hydrogen (secondary N) is 2. The van der Waals surface area contributed by atoms with Gasteiger partial charge in [-0.1, -0.05) is 18.2 Å². The molecule has 0 atom stereocenters. The van der Waals surface area contributed by atoms with Gasteiger partial charge in [-0.2, -0.15) is 12.7 Å². The Labute approximate surface area is 129 Å². The van der Waals surface area contributed by atoms with Crippen LogP contribution in [0.25, 0.3) is 10.9 Å². The minimum absolute atomic E-state index is 0.327. The maximum Gasteiger partial charge on any atom is 0.304 e. The Morgan fingerprint density at radius 3 is 2.59 bits per heavy atom. The highest BCUT2D eigenvalue weighted by Gasteiger charge is 2.28. The third-order valence-electron chi connectivity index (χ3n) is 3.86. The third kappa shape index (κ3) is 2.85. The highest BCUT2D eigenvalue weighted by Crippen LogP contribution is 2.18. The topological polar surface area (TPSA) is 85.5 Å². The van der Waals surface area contributed by atoms with Gasteiger partial charge in [0.1, 0.15) is 0 Å². The Hall–Kier alpha value is -1.90. The van der Waals surface area contributed by atoms with Crippen molar-refractivity contribution in [2.75, 3.05) is 33.2 Å². The SMILES string of the molecule is CN1CCN(S(=O)(=O)NC(=O)c2c[nH]c3ccccc23)CC1. The van der Waals surface area contributed by atoms with E-state index >= 15 is 0 Å². The lowest BCUT2D eigenvalue weighted by molar-refractivity contribution is 0.0979. The number of amides is 1. The average molecular weight is 322 g/mol. The lowest BCUT2D eigenvalue weighted by Gasteiger charge is -2.31. The second-order valence-corrected chi connectivity index (χ2v) is 7.06. The fourth-order valence-corrected chi connectivity index (χ4v) is 3.64. The van der Waals surface area contributed by atoms with Crippen molar-refractivity contribution in [1.29, 1.82) is 0 Å². The quantitative estimate of drug-likeness (QED) is 0.856. The van der Waals surface area contributed by atoms with Crippen LogP contribution in [0, 0.1) is 0 Å². The van der Waals surface area contributed by atoms with Gasteiger partial charge in [0.15, 0.2) is 0 Å². The summed E-state index contributed by atoms with van der Waals surface area (Å²) in [6, 6.07) is 7.27. The number of hydrogen-bond donors (Lipinski definition) is 2. The smallest absolute Gasteiger partial charge is 0.304 e. The van der Waals surface area contributed by atoms with E-state index in [1.807, 2.05) is 30.1 Å². The largest absolute Gasteiger partial charge is 0.360 e. The molecule has 22 heavy (non-hydrogen) atoms. The van der Waals surface area contributed by atoms with Crippen LogP contribution in [-0.2, 0) is 10.2 Å². The molecule has 8 heteroatoms. The monoisotopic (exact) mass is 322 g/mol. The number of nitrogens with zero attached hydrogens (tertiary/aromatic N) is 2. The zero-order chi connectivity index (χ0) is 15.7. The van der Waals surface area contributed by atoms with Crippen LogP contribution in [0.4, 0.5) is 0 Å². The number of hydrogen-bond acceptors (Lipinski definition) is 4. The molecule has 2 heterocycles. The summed E-state index contributed by atoms with van der Waals surface area (Å²) in [6.07, 6.45) is 1.53. The van der Waals surface area contributed by atoms with E-state index in [1.165, 1.54) is 10.5 Å². The Kier molecular flexibility index (Phi) is 3.90. The van der Waals surface area contributed by atoms with E-state index in [1.54, 1.807) is 6.07 Å². The lowest BCUT2D eigenvalue weighted by Crippen LogP contribution is -2.51. The molecule has 0 aliphatic carbocycles. The zero-order valence-electron chi connectivity index (χ0n) is 12.2. The minimum atomic E-state index is -3.81. The van der Waals surface area contributed by atoms with E-state index < -0.39 is 16.1 Å². The van der Waals surface area contributed by atoms with Crippen LogP contribution in [0.15, 0.2) is 30.5 Å². The van der Waals surface area contributed by atoms with Crippen molar-refractivity contribution >= 4 is 27.0 Å². The number of benzene rings is 1.